The maximum atomic E-state index is 11.8. The van der Waals surface area contributed by atoms with E-state index < -0.39 is 30.2 Å². The van der Waals surface area contributed by atoms with Gasteiger partial charge in [0, 0.05) is 4.47 Å². The first kappa shape index (κ1) is 18.0. The molecule has 2 amide bonds. The first-order valence-electron chi connectivity index (χ1n) is 6.35. The number of rotatable bonds is 5. The van der Waals surface area contributed by atoms with Crippen LogP contribution < -0.4 is 10.1 Å². The van der Waals surface area contributed by atoms with E-state index in [1.807, 2.05) is 5.32 Å². The average molecular weight is 374 g/mol. The maximum absolute atomic E-state index is 11.8. The van der Waals surface area contributed by atoms with Crippen LogP contribution in [-0.2, 0) is 19.1 Å². The highest BCUT2D eigenvalue weighted by atomic mass is 79.9. The quantitative estimate of drug-likeness (QED) is 0.794. The van der Waals surface area contributed by atoms with Gasteiger partial charge in [0.1, 0.15) is 5.75 Å². The highest BCUT2D eigenvalue weighted by Gasteiger charge is 2.24. The standard InChI is InChI=1S/C14H16BrNO6/c1-8(12(17)16-14(19)20-3)22-13(18)9(2)21-11-6-4-10(15)5-7-11/h4-9H,1-3H3,(H,16,17,19)/t8-,9-/m1/s1. The van der Waals surface area contributed by atoms with E-state index in [-0.39, 0.29) is 0 Å². The molecule has 0 spiro atoms. The molecule has 0 heterocycles. The fraction of sp³-hybridized carbons (Fsp3) is 0.357. The van der Waals surface area contributed by atoms with Crippen LogP contribution in [0.15, 0.2) is 28.7 Å². The molecule has 0 unspecified atom stereocenters. The topological polar surface area (TPSA) is 90.9 Å². The zero-order valence-corrected chi connectivity index (χ0v) is 13.9. The third kappa shape index (κ3) is 5.72. The molecular weight excluding hydrogens is 358 g/mol. The molecule has 1 aromatic carbocycles. The van der Waals surface area contributed by atoms with Crippen molar-refractivity contribution >= 4 is 33.9 Å². The molecule has 0 aliphatic rings. The molecule has 0 saturated carbocycles. The smallest absolute Gasteiger partial charge is 0.413 e. The molecule has 22 heavy (non-hydrogen) atoms. The molecule has 0 aliphatic heterocycles. The average Bonchev–Trinajstić information content (AvgIpc) is 2.49. The summed E-state index contributed by atoms with van der Waals surface area (Å²) in [7, 11) is 1.12. The van der Waals surface area contributed by atoms with E-state index in [4.69, 9.17) is 9.47 Å². The highest BCUT2D eigenvalue weighted by molar-refractivity contribution is 9.10. The number of methoxy groups -OCH3 is 1. The number of carbonyl (C=O) groups excluding carboxylic acids is 3. The van der Waals surface area contributed by atoms with Gasteiger partial charge < -0.3 is 14.2 Å². The van der Waals surface area contributed by atoms with Crippen LogP contribution >= 0.6 is 15.9 Å². The van der Waals surface area contributed by atoms with Crippen LogP contribution in [0.3, 0.4) is 0 Å². The van der Waals surface area contributed by atoms with E-state index in [1.165, 1.54) is 13.8 Å². The molecule has 2 atom stereocenters. The summed E-state index contributed by atoms with van der Waals surface area (Å²) < 4.78 is 15.5. The lowest BCUT2D eigenvalue weighted by atomic mass is 10.3. The summed E-state index contributed by atoms with van der Waals surface area (Å²) in [4.78, 5) is 34.3. The number of halogens is 1. The van der Waals surface area contributed by atoms with Crippen LogP contribution in [0.1, 0.15) is 13.8 Å². The third-order valence-electron chi connectivity index (χ3n) is 2.53. The Bertz CT molecular complexity index is 545. The van der Waals surface area contributed by atoms with Gasteiger partial charge in [0.05, 0.1) is 7.11 Å². The fourth-order valence-electron chi connectivity index (χ4n) is 1.34. The molecular formula is C14H16BrNO6. The maximum Gasteiger partial charge on any atom is 0.413 e. The monoisotopic (exact) mass is 373 g/mol. The van der Waals surface area contributed by atoms with Crippen LogP contribution in [0.5, 0.6) is 5.75 Å². The molecule has 0 bridgehead atoms. The zero-order valence-electron chi connectivity index (χ0n) is 12.3. The molecule has 120 valence electrons. The number of carbonyl (C=O) groups is 3. The number of amides is 2. The van der Waals surface area contributed by atoms with Gasteiger partial charge in [-0.05, 0) is 38.1 Å². The summed E-state index contributed by atoms with van der Waals surface area (Å²) in [6, 6.07) is 6.89. The Morgan fingerprint density at radius 1 is 1.09 bits per heavy atom. The number of esters is 1. The van der Waals surface area contributed by atoms with Crippen molar-refractivity contribution in [3.05, 3.63) is 28.7 Å². The molecule has 0 aromatic heterocycles. The van der Waals surface area contributed by atoms with Gasteiger partial charge in [0.25, 0.3) is 5.91 Å². The minimum absolute atomic E-state index is 0.485. The highest BCUT2D eigenvalue weighted by Crippen LogP contribution is 2.17. The normalized spacial score (nSPS) is 12.7. The van der Waals surface area contributed by atoms with E-state index >= 15 is 0 Å². The van der Waals surface area contributed by atoms with Gasteiger partial charge in [-0.2, -0.15) is 0 Å². The van der Waals surface area contributed by atoms with Gasteiger partial charge in [-0.25, -0.2) is 9.59 Å². The molecule has 0 aliphatic carbocycles. The van der Waals surface area contributed by atoms with Crippen molar-refractivity contribution < 1.29 is 28.6 Å². The van der Waals surface area contributed by atoms with Crippen LogP contribution in [0.2, 0.25) is 0 Å². The number of alkyl carbamates (subject to hydrolysis) is 1. The SMILES string of the molecule is COC(=O)NC(=O)[C@@H](C)OC(=O)[C@@H](C)Oc1ccc(Br)cc1. The van der Waals surface area contributed by atoms with Crippen LogP contribution in [0, 0.1) is 0 Å². The Morgan fingerprint density at radius 3 is 2.23 bits per heavy atom. The van der Waals surface area contributed by atoms with Crippen molar-refractivity contribution in [2.75, 3.05) is 7.11 Å². The molecule has 1 rings (SSSR count). The van der Waals surface area contributed by atoms with Gasteiger partial charge in [-0.15, -0.1) is 0 Å². The van der Waals surface area contributed by atoms with Gasteiger partial charge in [-0.3, -0.25) is 10.1 Å². The summed E-state index contributed by atoms with van der Waals surface area (Å²) in [5.41, 5.74) is 0. The Balaban J connectivity index is 2.51. The second-order valence-electron chi connectivity index (χ2n) is 4.27. The Morgan fingerprint density at radius 2 is 1.68 bits per heavy atom. The zero-order chi connectivity index (χ0) is 16.7. The minimum Gasteiger partial charge on any atom is -0.479 e. The van der Waals surface area contributed by atoms with Gasteiger partial charge >= 0.3 is 12.1 Å². The third-order valence-corrected chi connectivity index (χ3v) is 3.06. The van der Waals surface area contributed by atoms with Crippen molar-refractivity contribution in [1.82, 2.24) is 5.32 Å². The van der Waals surface area contributed by atoms with Gasteiger partial charge in [-0.1, -0.05) is 15.9 Å². The number of nitrogens with one attached hydrogen (secondary N) is 1. The van der Waals surface area contributed by atoms with Gasteiger partial charge in [0.15, 0.2) is 12.2 Å². The second kappa shape index (κ2) is 8.38. The summed E-state index contributed by atoms with van der Waals surface area (Å²) in [6.45, 7) is 2.83. The van der Waals surface area contributed by atoms with Crippen LogP contribution in [-0.4, -0.2) is 37.3 Å². The molecule has 0 radical (unpaired) electrons. The number of benzene rings is 1. The summed E-state index contributed by atoms with van der Waals surface area (Å²) >= 11 is 3.29. The lowest BCUT2D eigenvalue weighted by Gasteiger charge is -2.17. The summed E-state index contributed by atoms with van der Waals surface area (Å²) in [5.74, 6) is -1.02. The summed E-state index contributed by atoms with van der Waals surface area (Å²) in [6.07, 6.45) is -2.98. The Labute approximate surface area is 136 Å². The fourth-order valence-corrected chi connectivity index (χ4v) is 1.61. The molecule has 0 fully saturated rings. The van der Waals surface area contributed by atoms with Crippen LogP contribution in [0.25, 0.3) is 0 Å². The molecule has 8 heteroatoms. The lowest BCUT2D eigenvalue weighted by molar-refractivity contribution is -0.160. The Hall–Kier alpha value is -2.09. The molecule has 1 N–H and O–H groups in total. The van der Waals surface area contributed by atoms with Crippen LogP contribution in [0.4, 0.5) is 4.79 Å². The van der Waals surface area contributed by atoms with E-state index in [0.717, 1.165) is 11.6 Å². The van der Waals surface area contributed by atoms with E-state index in [9.17, 15) is 14.4 Å². The second-order valence-corrected chi connectivity index (χ2v) is 5.19. The first-order valence-corrected chi connectivity index (χ1v) is 7.14. The van der Waals surface area contributed by atoms with E-state index in [2.05, 4.69) is 20.7 Å². The number of ether oxygens (including phenoxy) is 3. The van der Waals surface area contributed by atoms with E-state index in [0.29, 0.717) is 5.75 Å². The lowest BCUT2D eigenvalue weighted by Crippen LogP contribution is -2.41. The van der Waals surface area contributed by atoms with E-state index in [1.54, 1.807) is 24.3 Å². The van der Waals surface area contributed by atoms with Crippen molar-refractivity contribution in [3.63, 3.8) is 0 Å². The number of imide groups is 1. The number of hydrogen-bond donors (Lipinski definition) is 1. The minimum atomic E-state index is -1.15. The van der Waals surface area contributed by atoms with Crippen molar-refractivity contribution in [2.24, 2.45) is 0 Å². The number of hydrogen-bond acceptors (Lipinski definition) is 6. The molecule has 1 aromatic rings. The van der Waals surface area contributed by atoms with Crippen molar-refractivity contribution in [2.45, 2.75) is 26.1 Å². The molecule has 0 saturated heterocycles. The first-order chi connectivity index (χ1) is 10.3. The van der Waals surface area contributed by atoms with Crippen molar-refractivity contribution in [3.8, 4) is 5.75 Å². The molecule has 7 nitrogen and oxygen atoms in total. The largest absolute Gasteiger partial charge is 0.479 e. The van der Waals surface area contributed by atoms with Crippen molar-refractivity contribution in [1.29, 1.82) is 0 Å². The predicted molar refractivity (Wildman–Crippen MR) is 80.3 cm³/mol. The summed E-state index contributed by atoms with van der Waals surface area (Å²) in [5, 5.41) is 1.91. The predicted octanol–water partition coefficient (Wildman–Crippen LogP) is 2.03. The van der Waals surface area contributed by atoms with Gasteiger partial charge in [0.2, 0.25) is 0 Å². The Kier molecular flexibility index (Phi) is 6.84.